The first kappa shape index (κ1) is 11.5. The second-order valence-electron chi connectivity index (χ2n) is 4.24. The number of nitrogens with zero attached hydrogens (tertiary/aromatic N) is 1. The van der Waals surface area contributed by atoms with Crippen LogP contribution in [0.15, 0.2) is 59.2 Å². The van der Waals surface area contributed by atoms with Gasteiger partial charge in [-0.15, -0.1) is 0 Å². The molecule has 3 heteroatoms. The third kappa shape index (κ3) is 2.06. The summed E-state index contributed by atoms with van der Waals surface area (Å²) in [5, 5.41) is 1.06. The molecule has 90 valence electrons. The third-order valence-electron chi connectivity index (χ3n) is 3.03. The van der Waals surface area contributed by atoms with Gasteiger partial charge in [-0.3, -0.25) is 0 Å². The standard InChI is InChI=1S/C15H11BrFN/c16-14-4-2-1-3-12(14)10-18-8-7-11-5-6-13(17)9-15(11)18/h1-9H,10H2. The molecule has 0 aliphatic heterocycles. The highest BCUT2D eigenvalue weighted by molar-refractivity contribution is 9.10. The van der Waals surface area contributed by atoms with Crippen LogP contribution in [-0.4, -0.2) is 4.57 Å². The summed E-state index contributed by atoms with van der Waals surface area (Å²) in [6.07, 6.45) is 1.99. The lowest BCUT2D eigenvalue weighted by molar-refractivity contribution is 0.628. The Morgan fingerprint density at radius 2 is 1.89 bits per heavy atom. The average molecular weight is 304 g/mol. The molecule has 0 aliphatic rings. The summed E-state index contributed by atoms with van der Waals surface area (Å²) in [5.74, 6) is -0.199. The molecular formula is C15H11BrFN. The quantitative estimate of drug-likeness (QED) is 0.652. The first-order valence-corrected chi connectivity index (χ1v) is 6.51. The minimum Gasteiger partial charge on any atom is -0.343 e. The molecule has 0 aliphatic carbocycles. The van der Waals surface area contributed by atoms with Gasteiger partial charge in [-0.25, -0.2) is 4.39 Å². The van der Waals surface area contributed by atoms with E-state index in [1.807, 2.05) is 30.5 Å². The number of fused-ring (bicyclic) bond motifs is 1. The lowest BCUT2D eigenvalue weighted by atomic mass is 10.2. The zero-order valence-corrected chi connectivity index (χ0v) is 11.2. The molecular weight excluding hydrogens is 293 g/mol. The maximum Gasteiger partial charge on any atom is 0.125 e. The predicted molar refractivity (Wildman–Crippen MR) is 75.1 cm³/mol. The van der Waals surface area contributed by atoms with Gasteiger partial charge in [0, 0.05) is 17.2 Å². The van der Waals surface area contributed by atoms with Gasteiger partial charge in [0.2, 0.25) is 0 Å². The van der Waals surface area contributed by atoms with E-state index in [1.165, 1.54) is 11.6 Å². The van der Waals surface area contributed by atoms with Gasteiger partial charge in [0.25, 0.3) is 0 Å². The minimum atomic E-state index is -0.199. The van der Waals surface area contributed by atoms with Gasteiger partial charge in [0.15, 0.2) is 0 Å². The largest absolute Gasteiger partial charge is 0.343 e. The van der Waals surface area contributed by atoms with E-state index in [0.29, 0.717) is 0 Å². The van der Waals surface area contributed by atoms with Crippen molar-refractivity contribution in [1.82, 2.24) is 4.57 Å². The molecule has 2 aromatic carbocycles. The molecule has 0 bridgehead atoms. The van der Waals surface area contributed by atoms with E-state index >= 15 is 0 Å². The van der Waals surface area contributed by atoms with Gasteiger partial charge in [0.1, 0.15) is 5.82 Å². The van der Waals surface area contributed by atoms with Crippen LogP contribution in [0.4, 0.5) is 4.39 Å². The van der Waals surface area contributed by atoms with E-state index in [9.17, 15) is 4.39 Å². The lowest BCUT2D eigenvalue weighted by Crippen LogP contribution is -1.98. The molecule has 0 atom stereocenters. The maximum atomic E-state index is 13.3. The highest BCUT2D eigenvalue weighted by Gasteiger charge is 2.05. The van der Waals surface area contributed by atoms with Gasteiger partial charge < -0.3 is 4.57 Å². The molecule has 0 amide bonds. The normalized spacial score (nSPS) is 11.0. The summed E-state index contributed by atoms with van der Waals surface area (Å²) >= 11 is 3.53. The summed E-state index contributed by atoms with van der Waals surface area (Å²) in [5.41, 5.74) is 2.10. The first-order chi connectivity index (χ1) is 8.74. The number of hydrogen-bond acceptors (Lipinski definition) is 0. The molecule has 0 unspecified atom stereocenters. The predicted octanol–water partition coefficient (Wildman–Crippen LogP) is 4.59. The van der Waals surface area contributed by atoms with Crippen molar-refractivity contribution in [2.45, 2.75) is 6.54 Å². The van der Waals surface area contributed by atoms with Crippen molar-refractivity contribution >= 4 is 26.8 Å². The zero-order valence-electron chi connectivity index (χ0n) is 9.61. The van der Waals surface area contributed by atoms with Crippen LogP contribution < -0.4 is 0 Å². The van der Waals surface area contributed by atoms with Crippen LogP contribution in [0.25, 0.3) is 10.9 Å². The van der Waals surface area contributed by atoms with Gasteiger partial charge in [-0.1, -0.05) is 34.1 Å². The molecule has 0 saturated heterocycles. The van der Waals surface area contributed by atoms with Crippen LogP contribution in [-0.2, 0) is 6.54 Å². The van der Waals surface area contributed by atoms with E-state index in [0.717, 1.165) is 21.9 Å². The highest BCUT2D eigenvalue weighted by atomic mass is 79.9. The number of hydrogen-bond donors (Lipinski definition) is 0. The van der Waals surface area contributed by atoms with Crippen molar-refractivity contribution in [1.29, 1.82) is 0 Å². The number of benzene rings is 2. The van der Waals surface area contributed by atoms with Crippen LogP contribution in [0.2, 0.25) is 0 Å². The smallest absolute Gasteiger partial charge is 0.125 e. The minimum absolute atomic E-state index is 0.199. The topological polar surface area (TPSA) is 4.93 Å². The van der Waals surface area contributed by atoms with Crippen LogP contribution in [0.1, 0.15) is 5.56 Å². The summed E-state index contributed by atoms with van der Waals surface area (Å²) in [4.78, 5) is 0. The molecule has 0 fully saturated rings. The number of rotatable bonds is 2. The molecule has 0 spiro atoms. The van der Waals surface area contributed by atoms with Gasteiger partial charge >= 0.3 is 0 Å². The number of halogens is 2. The Morgan fingerprint density at radius 3 is 2.72 bits per heavy atom. The van der Waals surface area contributed by atoms with Crippen molar-refractivity contribution in [3.8, 4) is 0 Å². The molecule has 1 aromatic heterocycles. The summed E-state index contributed by atoms with van der Waals surface area (Å²) in [6, 6.07) is 15.0. The average Bonchev–Trinajstić information content (AvgIpc) is 2.75. The second-order valence-corrected chi connectivity index (χ2v) is 5.09. The molecule has 18 heavy (non-hydrogen) atoms. The third-order valence-corrected chi connectivity index (χ3v) is 3.81. The fourth-order valence-electron chi connectivity index (χ4n) is 2.11. The van der Waals surface area contributed by atoms with Crippen LogP contribution in [0.3, 0.4) is 0 Å². The highest BCUT2D eigenvalue weighted by Crippen LogP contribution is 2.21. The summed E-state index contributed by atoms with van der Waals surface area (Å²) < 4.78 is 16.4. The van der Waals surface area contributed by atoms with Crippen molar-refractivity contribution in [3.63, 3.8) is 0 Å². The Balaban J connectivity index is 2.05. The van der Waals surface area contributed by atoms with Crippen LogP contribution in [0, 0.1) is 5.82 Å². The molecule has 1 nitrogen and oxygen atoms in total. The first-order valence-electron chi connectivity index (χ1n) is 5.72. The van der Waals surface area contributed by atoms with Gasteiger partial charge in [0.05, 0.1) is 5.52 Å². The van der Waals surface area contributed by atoms with Crippen molar-refractivity contribution in [2.24, 2.45) is 0 Å². The summed E-state index contributed by atoms with van der Waals surface area (Å²) in [7, 11) is 0. The van der Waals surface area contributed by atoms with E-state index < -0.39 is 0 Å². The van der Waals surface area contributed by atoms with Gasteiger partial charge in [-0.05, 0) is 41.3 Å². The molecule has 3 rings (SSSR count). The van der Waals surface area contributed by atoms with Crippen molar-refractivity contribution < 1.29 is 4.39 Å². The van der Waals surface area contributed by atoms with E-state index in [1.54, 1.807) is 12.1 Å². The molecule has 0 N–H and O–H groups in total. The molecule has 3 aromatic rings. The Kier molecular flexibility index (Phi) is 2.92. The molecule has 0 saturated carbocycles. The Morgan fingerprint density at radius 1 is 1.06 bits per heavy atom. The summed E-state index contributed by atoms with van der Waals surface area (Å²) in [6.45, 7) is 0.731. The maximum absolute atomic E-state index is 13.3. The monoisotopic (exact) mass is 303 g/mol. The van der Waals surface area contributed by atoms with Gasteiger partial charge in [-0.2, -0.15) is 0 Å². The zero-order chi connectivity index (χ0) is 12.5. The van der Waals surface area contributed by atoms with E-state index in [2.05, 4.69) is 26.6 Å². The van der Waals surface area contributed by atoms with E-state index in [-0.39, 0.29) is 5.82 Å². The molecule has 0 radical (unpaired) electrons. The Hall–Kier alpha value is -1.61. The van der Waals surface area contributed by atoms with Crippen LogP contribution in [0.5, 0.6) is 0 Å². The van der Waals surface area contributed by atoms with E-state index in [4.69, 9.17) is 0 Å². The molecule has 1 heterocycles. The second kappa shape index (κ2) is 4.58. The SMILES string of the molecule is Fc1ccc2ccn(Cc3ccccc3Br)c2c1. The fourth-order valence-corrected chi connectivity index (χ4v) is 2.52. The Labute approximate surface area is 113 Å². The van der Waals surface area contributed by atoms with Crippen LogP contribution >= 0.6 is 15.9 Å². The lowest BCUT2D eigenvalue weighted by Gasteiger charge is -2.07. The Bertz CT molecular complexity index is 703. The fraction of sp³-hybridized carbons (Fsp3) is 0.0667. The van der Waals surface area contributed by atoms with Crippen molar-refractivity contribution in [3.05, 3.63) is 70.6 Å². The number of aromatic nitrogens is 1. The van der Waals surface area contributed by atoms with Crippen molar-refractivity contribution in [2.75, 3.05) is 0 Å².